The average Bonchev–Trinajstić information content (AvgIpc) is 3.34. The predicted octanol–water partition coefficient (Wildman–Crippen LogP) is 3.20. The molecule has 0 saturated carbocycles. The monoisotopic (exact) mass is 518 g/mol. The van der Waals surface area contributed by atoms with E-state index in [1.165, 1.54) is 5.01 Å². The second-order valence-electron chi connectivity index (χ2n) is 7.07. The Morgan fingerprint density at radius 1 is 1.29 bits per heavy atom. The summed E-state index contributed by atoms with van der Waals surface area (Å²) >= 11 is 1.75. The van der Waals surface area contributed by atoms with Crippen LogP contribution >= 0.6 is 35.3 Å². The Hall–Kier alpha value is -1.20. The summed E-state index contributed by atoms with van der Waals surface area (Å²) in [5.41, 5.74) is 2.15. The Balaban J connectivity index is 0.00000280. The van der Waals surface area contributed by atoms with Crippen LogP contribution in [0.25, 0.3) is 0 Å². The molecule has 0 amide bonds. The minimum atomic E-state index is 0. The van der Waals surface area contributed by atoms with Gasteiger partial charge in [0, 0.05) is 69.6 Å². The summed E-state index contributed by atoms with van der Waals surface area (Å²) in [7, 11) is 0. The van der Waals surface area contributed by atoms with Gasteiger partial charge in [0.1, 0.15) is 6.26 Å². The van der Waals surface area contributed by atoms with E-state index in [1.807, 2.05) is 6.07 Å². The van der Waals surface area contributed by atoms with E-state index in [0.717, 1.165) is 69.6 Å². The van der Waals surface area contributed by atoms with Crippen LogP contribution in [0.2, 0.25) is 0 Å². The zero-order valence-corrected chi connectivity index (χ0v) is 20.1. The zero-order valence-electron chi connectivity index (χ0n) is 16.9. The summed E-state index contributed by atoms with van der Waals surface area (Å²) in [6.07, 6.45) is 2.53. The molecule has 2 aromatic rings. The molecule has 1 fully saturated rings. The van der Waals surface area contributed by atoms with Crippen molar-refractivity contribution >= 4 is 41.3 Å². The fourth-order valence-corrected chi connectivity index (χ4v) is 3.94. The van der Waals surface area contributed by atoms with Crippen LogP contribution in [0.4, 0.5) is 0 Å². The molecule has 0 aromatic carbocycles. The molecule has 3 heterocycles. The molecule has 0 atom stereocenters. The Labute approximate surface area is 188 Å². The minimum Gasteiger partial charge on any atom is -0.364 e. The highest BCUT2D eigenvalue weighted by atomic mass is 127. The Bertz CT molecular complexity index is 710. The van der Waals surface area contributed by atoms with Crippen molar-refractivity contribution < 1.29 is 4.52 Å². The van der Waals surface area contributed by atoms with Crippen molar-refractivity contribution in [2.75, 3.05) is 39.3 Å². The molecule has 1 N–H and O–H groups in total. The van der Waals surface area contributed by atoms with Crippen LogP contribution in [0, 0.1) is 0 Å². The highest BCUT2D eigenvalue weighted by Gasteiger charge is 2.20. The fraction of sp³-hybridized carbons (Fsp3) is 0.632. The maximum absolute atomic E-state index is 4.92. The molecular weight excluding hydrogens is 487 g/mol. The van der Waals surface area contributed by atoms with Gasteiger partial charge in [-0.2, -0.15) is 0 Å². The molecule has 1 aliphatic heterocycles. The second-order valence-corrected chi connectivity index (χ2v) is 7.96. The SMILES string of the molecule is CCNC(=NCCc1csc(C(C)C)n1)N1CCN(Cc2ccon2)CC1.I. The number of nitrogens with one attached hydrogen (secondary N) is 1. The first kappa shape index (κ1) is 23.1. The van der Waals surface area contributed by atoms with Crippen LogP contribution in [0.1, 0.15) is 43.1 Å². The summed E-state index contributed by atoms with van der Waals surface area (Å²) < 4.78 is 4.92. The molecule has 2 aromatic heterocycles. The van der Waals surface area contributed by atoms with Crippen molar-refractivity contribution in [1.29, 1.82) is 0 Å². The number of aromatic nitrogens is 2. The van der Waals surface area contributed by atoms with E-state index in [4.69, 9.17) is 14.5 Å². The molecule has 9 heteroatoms. The number of hydrogen-bond acceptors (Lipinski definition) is 6. The standard InChI is InChI=1S/C19H30N6OS.HI/c1-4-20-19(21-7-5-17-14-27-18(22-17)15(2)3)25-10-8-24(9-11-25)13-16-6-12-26-23-16;/h6,12,14-15H,4-5,7-11,13H2,1-3H3,(H,20,21);1H. The number of piperazine rings is 1. The van der Waals surface area contributed by atoms with Gasteiger partial charge in [-0.05, 0) is 6.92 Å². The minimum absolute atomic E-state index is 0. The zero-order chi connectivity index (χ0) is 19.1. The van der Waals surface area contributed by atoms with Crippen molar-refractivity contribution in [3.05, 3.63) is 34.1 Å². The molecule has 0 unspecified atom stereocenters. The van der Waals surface area contributed by atoms with Gasteiger partial charge in [0.25, 0.3) is 0 Å². The lowest BCUT2D eigenvalue weighted by molar-refractivity contribution is 0.169. The number of aliphatic imine (C=N–C) groups is 1. The smallest absolute Gasteiger partial charge is 0.194 e. The van der Waals surface area contributed by atoms with Gasteiger partial charge in [-0.3, -0.25) is 9.89 Å². The summed E-state index contributed by atoms with van der Waals surface area (Å²) in [6, 6.07) is 1.93. The number of hydrogen-bond donors (Lipinski definition) is 1. The Morgan fingerprint density at radius 3 is 2.68 bits per heavy atom. The van der Waals surface area contributed by atoms with Crippen LogP contribution in [-0.2, 0) is 13.0 Å². The first-order valence-corrected chi connectivity index (χ1v) is 10.6. The third-order valence-corrected chi connectivity index (χ3v) is 5.77. The topological polar surface area (TPSA) is 69.8 Å². The third-order valence-electron chi connectivity index (χ3n) is 4.58. The van der Waals surface area contributed by atoms with Crippen LogP contribution < -0.4 is 5.32 Å². The predicted molar refractivity (Wildman–Crippen MR) is 125 cm³/mol. The third kappa shape index (κ3) is 6.70. The van der Waals surface area contributed by atoms with E-state index in [9.17, 15) is 0 Å². The van der Waals surface area contributed by atoms with Gasteiger partial charge < -0.3 is 14.7 Å². The van der Waals surface area contributed by atoms with Gasteiger partial charge in [-0.15, -0.1) is 35.3 Å². The average molecular weight is 518 g/mol. The van der Waals surface area contributed by atoms with Gasteiger partial charge >= 0.3 is 0 Å². The summed E-state index contributed by atoms with van der Waals surface area (Å²) in [4.78, 5) is 14.3. The van der Waals surface area contributed by atoms with E-state index in [-0.39, 0.29) is 24.0 Å². The number of thiazole rings is 1. The van der Waals surface area contributed by atoms with Crippen molar-refractivity contribution in [3.8, 4) is 0 Å². The van der Waals surface area contributed by atoms with Crippen LogP contribution in [-0.4, -0.2) is 65.2 Å². The van der Waals surface area contributed by atoms with Crippen molar-refractivity contribution in [2.45, 2.75) is 39.7 Å². The number of rotatable bonds is 7. The fourth-order valence-electron chi connectivity index (χ4n) is 3.07. The van der Waals surface area contributed by atoms with Crippen LogP contribution in [0.15, 0.2) is 27.2 Å². The van der Waals surface area contributed by atoms with Gasteiger partial charge in [-0.25, -0.2) is 4.98 Å². The molecule has 1 saturated heterocycles. The molecule has 7 nitrogen and oxygen atoms in total. The molecule has 0 bridgehead atoms. The second kappa shape index (κ2) is 11.7. The molecule has 28 heavy (non-hydrogen) atoms. The molecular formula is C19H31IN6OS. The van der Waals surface area contributed by atoms with Gasteiger partial charge in [-0.1, -0.05) is 19.0 Å². The van der Waals surface area contributed by atoms with E-state index >= 15 is 0 Å². The van der Waals surface area contributed by atoms with E-state index in [2.05, 4.69) is 46.4 Å². The van der Waals surface area contributed by atoms with E-state index < -0.39 is 0 Å². The molecule has 156 valence electrons. The Morgan fingerprint density at radius 2 is 2.07 bits per heavy atom. The molecule has 1 aliphatic rings. The van der Waals surface area contributed by atoms with Crippen molar-refractivity contribution in [1.82, 2.24) is 25.3 Å². The van der Waals surface area contributed by atoms with Crippen molar-refractivity contribution in [2.24, 2.45) is 4.99 Å². The van der Waals surface area contributed by atoms with Gasteiger partial charge in [0.05, 0.1) is 16.4 Å². The van der Waals surface area contributed by atoms with Crippen LogP contribution in [0.5, 0.6) is 0 Å². The highest BCUT2D eigenvalue weighted by molar-refractivity contribution is 14.0. The summed E-state index contributed by atoms with van der Waals surface area (Å²) in [5.74, 6) is 1.51. The van der Waals surface area contributed by atoms with E-state index in [1.54, 1.807) is 17.6 Å². The summed E-state index contributed by atoms with van der Waals surface area (Å²) in [6.45, 7) is 12.9. The van der Waals surface area contributed by atoms with Crippen LogP contribution in [0.3, 0.4) is 0 Å². The van der Waals surface area contributed by atoms with E-state index in [0.29, 0.717) is 5.92 Å². The first-order valence-electron chi connectivity index (χ1n) is 9.75. The normalized spacial score (nSPS) is 15.7. The summed E-state index contributed by atoms with van der Waals surface area (Å²) in [5, 5.41) is 10.8. The Kier molecular flexibility index (Phi) is 9.66. The lowest BCUT2D eigenvalue weighted by Gasteiger charge is -2.36. The quantitative estimate of drug-likeness (QED) is 0.345. The largest absolute Gasteiger partial charge is 0.364 e. The lowest BCUT2D eigenvalue weighted by atomic mass is 10.2. The number of nitrogens with zero attached hydrogens (tertiary/aromatic N) is 5. The lowest BCUT2D eigenvalue weighted by Crippen LogP contribution is -2.52. The molecule has 3 rings (SSSR count). The number of guanidine groups is 1. The molecule has 0 spiro atoms. The number of halogens is 1. The molecule has 0 radical (unpaired) electrons. The first-order chi connectivity index (χ1) is 13.2. The van der Waals surface area contributed by atoms with Gasteiger partial charge in [0.15, 0.2) is 5.96 Å². The van der Waals surface area contributed by atoms with Crippen molar-refractivity contribution in [3.63, 3.8) is 0 Å². The maximum Gasteiger partial charge on any atom is 0.194 e. The molecule has 0 aliphatic carbocycles. The van der Waals surface area contributed by atoms with Gasteiger partial charge in [0.2, 0.25) is 0 Å². The highest BCUT2D eigenvalue weighted by Crippen LogP contribution is 2.19. The maximum atomic E-state index is 4.92.